The van der Waals surface area contributed by atoms with E-state index in [-0.39, 0.29) is 37.5 Å². The van der Waals surface area contributed by atoms with Crippen LogP contribution in [0.4, 0.5) is 0 Å². The van der Waals surface area contributed by atoms with Crippen molar-refractivity contribution >= 4 is 17.9 Å². The number of hydrogen-bond donors (Lipinski definition) is 0. The lowest BCUT2D eigenvalue weighted by Crippen LogP contribution is -2.30. The van der Waals surface area contributed by atoms with Gasteiger partial charge in [-0.3, -0.25) is 14.4 Å². The van der Waals surface area contributed by atoms with Crippen molar-refractivity contribution in [2.24, 2.45) is 0 Å². The largest absolute Gasteiger partial charge is 0.462 e. The first-order chi connectivity index (χ1) is 37.5. The summed E-state index contributed by atoms with van der Waals surface area (Å²) < 4.78 is 16.8. The van der Waals surface area contributed by atoms with Crippen molar-refractivity contribution in [3.05, 3.63) is 122 Å². The van der Waals surface area contributed by atoms with Crippen LogP contribution in [0.15, 0.2) is 122 Å². The SMILES string of the molecule is CC/C=C\C/C=C\C/C=C\C/C=C\C/C=C\C/C=C\CCCCCCCCCCCCCCC(=O)OCC(COC(=O)CCCCCCCCCCCCCC)OC(=O)CCCC/C=C\C/C=C\C/C=C\C/C=C\CC. The molecule has 0 aromatic carbocycles. The lowest BCUT2D eigenvalue weighted by molar-refractivity contribution is -0.167. The third-order valence-corrected chi connectivity index (χ3v) is 13.2. The van der Waals surface area contributed by atoms with E-state index in [2.05, 4.69) is 142 Å². The molecule has 0 N–H and O–H groups in total. The third-order valence-electron chi connectivity index (χ3n) is 13.2. The first-order valence-corrected chi connectivity index (χ1v) is 31.5. The fourth-order valence-corrected chi connectivity index (χ4v) is 8.56. The summed E-state index contributed by atoms with van der Waals surface area (Å²) in [7, 11) is 0. The fourth-order valence-electron chi connectivity index (χ4n) is 8.56. The zero-order valence-electron chi connectivity index (χ0n) is 49.5. The quantitative estimate of drug-likeness (QED) is 0.0261. The average molecular weight is 1050 g/mol. The molecular weight excluding hydrogens is 937 g/mol. The van der Waals surface area contributed by atoms with E-state index < -0.39 is 6.10 Å². The van der Waals surface area contributed by atoms with Crippen LogP contribution in [-0.4, -0.2) is 37.2 Å². The van der Waals surface area contributed by atoms with Crippen LogP contribution in [0.1, 0.15) is 284 Å². The van der Waals surface area contributed by atoms with Gasteiger partial charge in [-0.05, 0) is 109 Å². The van der Waals surface area contributed by atoms with Gasteiger partial charge >= 0.3 is 17.9 Å². The number of hydrogen-bond acceptors (Lipinski definition) is 6. The molecule has 0 spiro atoms. The van der Waals surface area contributed by atoms with Crippen LogP contribution in [0, 0.1) is 0 Å². The van der Waals surface area contributed by atoms with Crippen molar-refractivity contribution in [2.45, 2.75) is 290 Å². The highest BCUT2D eigenvalue weighted by Gasteiger charge is 2.19. The molecule has 76 heavy (non-hydrogen) atoms. The standard InChI is InChI=1S/C70H116O6/c1-4-7-10-13-16-19-22-25-27-28-29-30-31-32-33-34-35-36-37-38-39-40-41-42-44-45-48-51-54-57-60-63-69(72)75-66-67(65-74-68(71)62-59-56-53-50-47-24-21-18-15-12-9-6-3)76-70(73)64-61-58-55-52-49-46-43-26-23-20-17-14-11-8-5-2/h7-8,10-11,16-17,19-20,25-27,29-30,32-33,35-36,43,49,52,67H,4-6,9,12-15,18,21-24,28,31,34,37-42,44-48,50-51,53-66H2,1-3H3/b10-7-,11-8-,19-16-,20-17-,27-25-,30-29-,33-32-,36-35-,43-26-,52-49-. The van der Waals surface area contributed by atoms with Gasteiger partial charge in [0.25, 0.3) is 0 Å². The van der Waals surface area contributed by atoms with E-state index >= 15 is 0 Å². The zero-order valence-corrected chi connectivity index (χ0v) is 49.5. The van der Waals surface area contributed by atoms with Gasteiger partial charge in [-0.25, -0.2) is 0 Å². The zero-order chi connectivity index (χ0) is 55.0. The maximum Gasteiger partial charge on any atom is 0.306 e. The van der Waals surface area contributed by atoms with Gasteiger partial charge in [-0.1, -0.05) is 277 Å². The molecule has 0 aliphatic heterocycles. The lowest BCUT2D eigenvalue weighted by Gasteiger charge is -2.18. The van der Waals surface area contributed by atoms with Gasteiger partial charge in [-0.2, -0.15) is 0 Å². The Kier molecular flexibility index (Phi) is 59.9. The van der Waals surface area contributed by atoms with Crippen LogP contribution in [-0.2, 0) is 28.6 Å². The number of rotatable bonds is 56. The predicted molar refractivity (Wildman–Crippen MR) is 330 cm³/mol. The molecule has 0 aliphatic carbocycles. The Hall–Kier alpha value is -4.19. The van der Waals surface area contributed by atoms with Crippen LogP contribution in [0.5, 0.6) is 0 Å². The summed E-state index contributed by atoms with van der Waals surface area (Å²) in [5.74, 6) is -0.934. The topological polar surface area (TPSA) is 78.9 Å². The maximum atomic E-state index is 12.8. The van der Waals surface area contributed by atoms with Crippen LogP contribution >= 0.6 is 0 Å². The highest BCUT2D eigenvalue weighted by molar-refractivity contribution is 5.71. The summed E-state index contributed by atoms with van der Waals surface area (Å²) in [5.41, 5.74) is 0. The summed E-state index contributed by atoms with van der Waals surface area (Å²) in [6, 6.07) is 0. The Balaban J connectivity index is 4.25. The summed E-state index contributed by atoms with van der Waals surface area (Å²) in [4.78, 5) is 38.2. The molecule has 0 radical (unpaired) electrons. The summed E-state index contributed by atoms with van der Waals surface area (Å²) >= 11 is 0. The molecule has 432 valence electrons. The molecule has 0 fully saturated rings. The van der Waals surface area contributed by atoms with E-state index in [4.69, 9.17) is 14.2 Å². The van der Waals surface area contributed by atoms with Crippen molar-refractivity contribution in [1.29, 1.82) is 0 Å². The van der Waals surface area contributed by atoms with Crippen LogP contribution < -0.4 is 0 Å². The Labute approximate surface area is 469 Å². The van der Waals surface area contributed by atoms with Gasteiger partial charge in [0, 0.05) is 19.3 Å². The average Bonchev–Trinajstić information content (AvgIpc) is 3.42. The summed E-state index contributed by atoms with van der Waals surface area (Å²) in [5, 5.41) is 0. The van der Waals surface area contributed by atoms with E-state index in [0.29, 0.717) is 19.3 Å². The van der Waals surface area contributed by atoms with Crippen molar-refractivity contribution < 1.29 is 28.6 Å². The molecule has 0 aliphatic rings. The number of carbonyl (C=O) groups is 3. The smallest absolute Gasteiger partial charge is 0.306 e. The Morgan fingerprint density at radius 2 is 0.513 bits per heavy atom. The van der Waals surface area contributed by atoms with Crippen LogP contribution in [0.2, 0.25) is 0 Å². The summed E-state index contributed by atoms with van der Waals surface area (Å²) in [6.07, 6.45) is 87.8. The van der Waals surface area contributed by atoms with Gasteiger partial charge in [0.15, 0.2) is 6.10 Å². The van der Waals surface area contributed by atoms with E-state index in [1.54, 1.807) is 0 Å². The van der Waals surface area contributed by atoms with E-state index in [0.717, 1.165) is 116 Å². The van der Waals surface area contributed by atoms with Gasteiger partial charge in [-0.15, -0.1) is 0 Å². The monoisotopic (exact) mass is 1050 g/mol. The van der Waals surface area contributed by atoms with E-state index in [9.17, 15) is 14.4 Å². The molecule has 0 saturated heterocycles. The highest BCUT2D eigenvalue weighted by atomic mass is 16.6. The molecule has 0 amide bonds. The van der Waals surface area contributed by atoms with Crippen molar-refractivity contribution in [3.8, 4) is 0 Å². The van der Waals surface area contributed by atoms with Crippen LogP contribution in [0.3, 0.4) is 0 Å². The first-order valence-electron chi connectivity index (χ1n) is 31.5. The van der Waals surface area contributed by atoms with Gasteiger partial charge in [0.1, 0.15) is 13.2 Å². The number of allylic oxidation sites excluding steroid dienone is 20. The minimum atomic E-state index is -0.801. The first kappa shape index (κ1) is 71.8. The van der Waals surface area contributed by atoms with Gasteiger partial charge < -0.3 is 14.2 Å². The lowest BCUT2D eigenvalue weighted by atomic mass is 10.0. The molecule has 0 saturated carbocycles. The number of ether oxygens (including phenoxy) is 3. The number of unbranched alkanes of at least 4 members (excludes halogenated alkanes) is 25. The molecule has 0 aromatic heterocycles. The second-order valence-electron chi connectivity index (χ2n) is 20.6. The third kappa shape index (κ3) is 60.7. The molecule has 1 unspecified atom stereocenters. The molecule has 1 atom stereocenters. The molecule has 0 rings (SSSR count). The fraction of sp³-hybridized carbons (Fsp3) is 0.671. The molecular formula is C70H116O6. The normalized spacial score (nSPS) is 12.9. The minimum Gasteiger partial charge on any atom is -0.462 e. The Morgan fingerprint density at radius 1 is 0.276 bits per heavy atom. The minimum absolute atomic E-state index is 0.0941. The number of esters is 3. The van der Waals surface area contributed by atoms with Crippen LogP contribution in [0.25, 0.3) is 0 Å². The molecule has 0 aromatic rings. The molecule has 6 nitrogen and oxygen atoms in total. The Bertz CT molecular complexity index is 1590. The van der Waals surface area contributed by atoms with Gasteiger partial charge in [0.2, 0.25) is 0 Å². The van der Waals surface area contributed by atoms with Crippen molar-refractivity contribution in [1.82, 2.24) is 0 Å². The van der Waals surface area contributed by atoms with Crippen molar-refractivity contribution in [2.75, 3.05) is 13.2 Å². The summed E-state index contributed by atoms with van der Waals surface area (Å²) in [6.45, 7) is 6.38. The van der Waals surface area contributed by atoms with E-state index in [1.165, 1.54) is 122 Å². The van der Waals surface area contributed by atoms with E-state index in [1.807, 2.05) is 0 Å². The Morgan fingerprint density at radius 3 is 0.829 bits per heavy atom. The van der Waals surface area contributed by atoms with Crippen molar-refractivity contribution in [3.63, 3.8) is 0 Å². The second-order valence-corrected chi connectivity index (χ2v) is 20.6. The maximum absolute atomic E-state index is 12.8. The molecule has 0 heterocycles. The molecule has 6 heteroatoms. The predicted octanol–water partition coefficient (Wildman–Crippen LogP) is 21.6. The highest BCUT2D eigenvalue weighted by Crippen LogP contribution is 2.16. The second kappa shape index (κ2) is 63.3. The van der Waals surface area contributed by atoms with Gasteiger partial charge in [0.05, 0.1) is 0 Å². The number of carbonyl (C=O) groups excluding carboxylic acids is 3. The molecule has 0 bridgehead atoms.